The van der Waals surface area contributed by atoms with Gasteiger partial charge < -0.3 is 10.6 Å². The summed E-state index contributed by atoms with van der Waals surface area (Å²) in [5.41, 5.74) is 1.86. The quantitative estimate of drug-likeness (QED) is 0.771. The molecule has 0 spiro atoms. The number of nitrogens with one attached hydrogen (secondary N) is 3. The van der Waals surface area contributed by atoms with Crippen molar-refractivity contribution in [2.24, 2.45) is 0 Å². The zero-order valence-corrected chi connectivity index (χ0v) is 14.5. The third kappa shape index (κ3) is 4.30. The Balaban J connectivity index is 2.11. The summed E-state index contributed by atoms with van der Waals surface area (Å²) in [4.78, 5) is 16.2. The van der Waals surface area contributed by atoms with Crippen LogP contribution in [0.3, 0.4) is 0 Å². The van der Waals surface area contributed by atoms with Crippen LogP contribution >= 0.6 is 0 Å². The van der Waals surface area contributed by atoms with Gasteiger partial charge >= 0.3 is 6.03 Å². The third-order valence-corrected chi connectivity index (χ3v) is 5.09. The maximum absolute atomic E-state index is 12.1. The van der Waals surface area contributed by atoms with Crippen molar-refractivity contribution in [2.45, 2.75) is 24.8 Å². The number of benzene rings is 1. The second-order valence-electron chi connectivity index (χ2n) is 5.29. The van der Waals surface area contributed by atoms with Crippen LogP contribution in [0.15, 0.2) is 47.6 Å². The highest BCUT2D eigenvalue weighted by atomic mass is 32.2. The minimum atomic E-state index is -3.58. The number of anilines is 1. The van der Waals surface area contributed by atoms with Crippen molar-refractivity contribution in [3.8, 4) is 0 Å². The number of carbonyl (C=O) groups excluding carboxylic acids is 1. The normalized spacial score (nSPS) is 12.5. The van der Waals surface area contributed by atoms with Gasteiger partial charge in [0.25, 0.3) is 0 Å². The molecule has 8 heteroatoms. The van der Waals surface area contributed by atoms with Gasteiger partial charge in [-0.05, 0) is 50.2 Å². The second-order valence-corrected chi connectivity index (χ2v) is 7.15. The van der Waals surface area contributed by atoms with Crippen molar-refractivity contribution >= 4 is 21.7 Å². The van der Waals surface area contributed by atoms with Crippen LogP contribution in [0, 0.1) is 6.92 Å². The molecule has 2 aromatic rings. The number of aryl methyl sites for hydroxylation is 1. The fraction of sp³-hybridized carbons (Fsp3) is 0.250. The molecule has 1 atom stereocenters. The second kappa shape index (κ2) is 7.41. The third-order valence-electron chi connectivity index (χ3n) is 3.54. The Morgan fingerprint density at radius 2 is 2.00 bits per heavy atom. The molecule has 0 aliphatic rings. The smallest absolute Gasteiger partial charge is 0.319 e. The number of hydrogen-bond acceptors (Lipinski definition) is 4. The molecule has 2 amide bonds. The van der Waals surface area contributed by atoms with Crippen molar-refractivity contribution in [3.63, 3.8) is 0 Å². The molecule has 1 heterocycles. The van der Waals surface area contributed by atoms with Crippen LogP contribution in [0.1, 0.15) is 24.1 Å². The Labute approximate surface area is 141 Å². The van der Waals surface area contributed by atoms with Crippen LogP contribution in [0.4, 0.5) is 10.5 Å². The minimum Gasteiger partial charge on any atom is -0.331 e. The summed E-state index contributed by atoms with van der Waals surface area (Å²) >= 11 is 0. The van der Waals surface area contributed by atoms with Gasteiger partial charge in [0.15, 0.2) is 0 Å². The summed E-state index contributed by atoms with van der Waals surface area (Å²) in [6, 6.07) is 7.72. The van der Waals surface area contributed by atoms with Gasteiger partial charge in [-0.25, -0.2) is 17.9 Å². The number of carbonyl (C=O) groups is 1. The average molecular weight is 348 g/mol. The molecule has 0 aliphatic carbocycles. The van der Waals surface area contributed by atoms with Crippen LogP contribution in [0.2, 0.25) is 0 Å². The van der Waals surface area contributed by atoms with E-state index in [-0.39, 0.29) is 10.9 Å². The number of rotatable bonds is 5. The molecule has 0 radical (unpaired) electrons. The predicted octanol–water partition coefficient (Wildman–Crippen LogP) is 2.18. The Morgan fingerprint density at radius 3 is 2.62 bits per heavy atom. The van der Waals surface area contributed by atoms with E-state index >= 15 is 0 Å². The summed E-state index contributed by atoms with van der Waals surface area (Å²) < 4.78 is 26.2. The first kappa shape index (κ1) is 17.9. The summed E-state index contributed by atoms with van der Waals surface area (Å²) in [5.74, 6) is 0. The number of aromatic nitrogens is 1. The van der Waals surface area contributed by atoms with Gasteiger partial charge in [0.05, 0.1) is 10.9 Å². The van der Waals surface area contributed by atoms with Gasteiger partial charge in [0.1, 0.15) is 0 Å². The molecule has 0 saturated heterocycles. The van der Waals surface area contributed by atoms with E-state index in [9.17, 15) is 13.2 Å². The van der Waals surface area contributed by atoms with Crippen LogP contribution in [0.5, 0.6) is 0 Å². The van der Waals surface area contributed by atoms with E-state index in [4.69, 9.17) is 0 Å². The number of amides is 2. The zero-order valence-electron chi connectivity index (χ0n) is 13.7. The SMILES string of the molecule is CNS(=O)(=O)c1cc(NC(=O)NC(C)c2cccnc2)ccc1C. The number of urea groups is 1. The van der Waals surface area contributed by atoms with Crippen molar-refractivity contribution in [1.82, 2.24) is 15.0 Å². The molecule has 128 valence electrons. The largest absolute Gasteiger partial charge is 0.331 e. The molecule has 7 nitrogen and oxygen atoms in total. The number of nitrogens with zero attached hydrogens (tertiary/aromatic N) is 1. The average Bonchev–Trinajstić information content (AvgIpc) is 2.57. The number of pyridine rings is 1. The lowest BCUT2D eigenvalue weighted by molar-refractivity contribution is 0.249. The highest BCUT2D eigenvalue weighted by molar-refractivity contribution is 7.89. The Morgan fingerprint density at radius 1 is 1.25 bits per heavy atom. The molecule has 2 rings (SSSR count). The monoisotopic (exact) mass is 348 g/mol. The van der Waals surface area contributed by atoms with E-state index in [2.05, 4.69) is 20.3 Å². The van der Waals surface area contributed by atoms with E-state index in [1.165, 1.54) is 13.1 Å². The van der Waals surface area contributed by atoms with E-state index in [1.807, 2.05) is 13.0 Å². The summed E-state index contributed by atoms with van der Waals surface area (Å²) in [6.07, 6.45) is 3.33. The maximum atomic E-state index is 12.1. The van der Waals surface area contributed by atoms with Gasteiger partial charge in [-0.2, -0.15) is 0 Å². The fourth-order valence-electron chi connectivity index (χ4n) is 2.16. The number of sulfonamides is 1. The van der Waals surface area contributed by atoms with Crippen molar-refractivity contribution in [3.05, 3.63) is 53.9 Å². The lowest BCUT2D eigenvalue weighted by Gasteiger charge is -2.15. The highest BCUT2D eigenvalue weighted by Crippen LogP contribution is 2.20. The van der Waals surface area contributed by atoms with E-state index < -0.39 is 16.1 Å². The molecule has 0 fully saturated rings. The van der Waals surface area contributed by atoms with Crippen LogP contribution in [-0.4, -0.2) is 26.5 Å². The summed E-state index contributed by atoms with van der Waals surface area (Å²) in [7, 11) is -2.24. The van der Waals surface area contributed by atoms with Gasteiger partial charge in [0, 0.05) is 18.1 Å². The van der Waals surface area contributed by atoms with Crippen LogP contribution in [0.25, 0.3) is 0 Å². The van der Waals surface area contributed by atoms with Gasteiger partial charge in [0.2, 0.25) is 10.0 Å². The van der Waals surface area contributed by atoms with Gasteiger partial charge in [-0.15, -0.1) is 0 Å². The Bertz CT molecular complexity index is 822. The zero-order chi connectivity index (χ0) is 17.7. The molecule has 3 N–H and O–H groups in total. The van der Waals surface area contributed by atoms with Crippen LogP contribution in [-0.2, 0) is 10.0 Å². The molecule has 1 aromatic heterocycles. The van der Waals surface area contributed by atoms with E-state index in [0.29, 0.717) is 11.3 Å². The van der Waals surface area contributed by atoms with Gasteiger partial charge in [-0.1, -0.05) is 12.1 Å². The van der Waals surface area contributed by atoms with E-state index in [0.717, 1.165) is 5.56 Å². The molecule has 24 heavy (non-hydrogen) atoms. The van der Waals surface area contributed by atoms with Crippen molar-refractivity contribution in [2.75, 3.05) is 12.4 Å². The maximum Gasteiger partial charge on any atom is 0.319 e. The Hall–Kier alpha value is -2.45. The first-order valence-corrected chi connectivity index (χ1v) is 8.83. The van der Waals surface area contributed by atoms with E-state index in [1.54, 1.807) is 37.5 Å². The lowest BCUT2D eigenvalue weighted by Crippen LogP contribution is -2.31. The predicted molar refractivity (Wildman–Crippen MR) is 92.2 cm³/mol. The summed E-state index contributed by atoms with van der Waals surface area (Å²) in [5, 5.41) is 5.42. The standard InChI is InChI=1S/C16H20N4O3S/c1-11-6-7-14(9-15(11)24(22,23)17-3)20-16(21)19-12(2)13-5-4-8-18-10-13/h4-10,12,17H,1-3H3,(H2,19,20,21). The molecular weight excluding hydrogens is 328 g/mol. The Kier molecular flexibility index (Phi) is 5.53. The first-order chi connectivity index (χ1) is 11.3. The molecular formula is C16H20N4O3S. The highest BCUT2D eigenvalue weighted by Gasteiger charge is 2.16. The molecule has 0 saturated carbocycles. The molecule has 0 bridgehead atoms. The molecule has 1 unspecified atom stereocenters. The van der Waals surface area contributed by atoms with Crippen molar-refractivity contribution in [1.29, 1.82) is 0 Å². The minimum absolute atomic E-state index is 0.128. The van der Waals surface area contributed by atoms with Crippen molar-refractivity contribution < 1.29 is 13.2 Å². The lowest BCUT2D eigenvalue weighted by atomic mass is 10.1. The fourth-order valence-corrected chi connectivity index (χ4v) is 3.15. The molecule has 0 aliphatic heterocycles. The van der Waals surface area contributed by atoms with Crippen LogP contribution < -0.4 is 15.4 Å². The number of hydrogen-bond donors (Lipinski definition) is 3. The topological polar surface area (TPSA) is 100 Å². The molecule has 1 aromatic carbocycles. The van der Waals surface area contributed by atoms with Gasteiger partial charge in [-0.3, -0.25) is 4.98 Å². The summed E-state index contributed by atoms with van der Waals surface area (Å²) in [6.45, 7) is 3.53. The first-order valence-electron chi connectivity index (χ1n) is 7.35.